The van der Waals surface area contributed by atoms with Gasteiger partial charge in [-0.15, -0.1) is 0 Å². The van der Waals surface area contributed by atoms with Crippen LogP contribution in [0.15, 0.2) is 53.4 Å². The third-order valence-electron chi connectivity index (χ3n) is 3.81. The average molecular weight is 363 g/mol. The SMILES string of the molecule is CCC(NS(=O)(=O)c1ccc(C(=O)OC)cc1)c1ccc(OC)cc1. The van der Waals surface area contributed by atoms with E-state index in [0.29, 0.717) is 17.7 Å². The van der Waals surface area contributed by atoms with Crippen LogP contribution in [0.5, 0.6) is 5.75 Å². The van der Waals surface area contributed by atoms with E-state index in [4.69, 9.17) is 4.74 Å². The van der Waals surface area contributed by atoms with Gasteiger partial charge in [0.15, 0.2) is 0 Å². The van der Waals surface area contributed by atoms with E-state index < -0.39 is 16.0 Å². The van der Waals surface area contributed by atoms with Crippen molar-refractivity contribution >= 4 is 16.0 Å². The number of benzene rings is 2. The highest BCUT2D eigenvalue weighted by molar-refractivity contribution is 7.89. The van der Waals surface area contributed by atoms with E-state index in [-0.39, 0.29) is 10.9 Å². The molecule has 1 unspecified atom stereocenters. The molecule has 0 saturated carbocycles. The van der Waals surface area contributed by atoms with Crippen LogP contribution in [0.25, 0.3) is 0 Å². The number of hydrogen-bond donors (Lipinski definition) is 1. The summed E-state index contributed by atoms with van der Waals surface area (Å²) in [7, 11) is -0.869. The molecular weight excluding hydrogens is 342 g/mol. The number of ether oxygens (including phenoxy) is 2. The van der Waals surface area contributed by atoms with Crippen molar-refractivity contribution in [1.29, 1.82) is 0 Å². The molecular formula is C18H21NO5S. The van der Waals surface area contributed by atoms with Gasteiger partial charge in [-0.1, -0.05) is 19.1 Å². The first-order valence-corrected chi connectivity index (χ1v) is 9.24. The second-order valence-electron chi connectivity index (χ2n) is 5.37. The van der Waals surface area contributed by atoms with Crippen molar-refractivity contribution in [3.05, 3.63) is 59.7 Å². The fraction of sp³-hybridized carbons (Fsp3) is 0.278. The van der Waals surface area contributed by atoms with Crippen LogP contribution in [-0.2, 0) is 14.8 Å². The van der Waals surface area contributed by atoms with Gasteiger partial charge >= 0.3 is 5.97 Å². The summed E-state index contributed by atoms with van der Waals surface area (Å²) in [6, 6.07) is 12.5. The Morgan fingerprint density at radius 1 is 1.04 bits per heavy atom. The van der Waals surface area contributed by atoms with Crippen molar-refractivity contribution in [2.75, 3.05) is 14.2 Å². The van der Waals surface area contributed by atoms with Crippen molar-refractivity contribution in [2.45, 2.75) is 24.3 Å². The molecule has 0 bridgehead atoms. The smallest absolute Gasteiger partial charge is 0.337 e. The van der Waals surface area contributed by atoms with Gasteiger partial charge in [-0.2, -0.15) is 0 Å². The minimum atomic E-state index is -3.72. The van der Waals surface area contributed by atoms with E-state index in [0.717, 1.165) is 5.56 Å². The van der Waals surface area contributed by atoms with Gasteiger partial charge < -0.3 is 9.47 Å². The Balaban J connectivity index is 2.21. The third-order valence-corrected chi connectivity index (χ3v) is 5.30. The normalized spacial score (nSPS) is 12.4. The highest BCUT2D eigenvalue weighted by Gasteiger charge is 2.20. The van der Waals surface area contributed by atoms with Gasteiger partial charge in [0, 0.05) is 6.04 Å². The van der Waals surface area contributed by atoms with Crippen molar-refractivity contribution in [3.63, 3.8) is 0 Å². The summed E-state index contributed by atoms with van der Waals surface area (Å²) in [6.45, 7) is 1.90. The Labute approximate surface area is 147 Å². The maximum absolute atomic E-state index is 12.6. The average Bonchev–Trinajstić information content (AvgIpc) is 2.65. The number of sulfonamides is 1. The van der Waals surface area contributed by atoms with E-state index in [1.165, 1.54) is 31.4 Å². The van der Waals surface area contributed by atoms with Gasteiger partial charge in [-0.05, 0) is 48.4 Å². The Morgan fingerprint density at radius 3 is 2.12 bits per heavy atom. The highest BCUT2D eigenvalue weighted by Crippen LogP contribution is 2.22. The second-order valence-corrected chi connectivity index (χ2v) is 7.09. The summed E-state index contributed by atoms with van der Waals surface area (Å²) < 4.78 is 37.6. The second kappa shape index (κ2) is 8.13. The first-order valence-electron chi connectivity index (χ1n) is 7.76. The zero-order valence-corrected chi connectivity index (χ0v) is 15.2. The van der Waals surface area contributed by atoms with Gasteiger partial charge in [0.1, 0.15) is 5.75 Å². The molecule has 2 rings (SSSR count). The summed E-state index contributed by atoms with van der Waals surface area (Å²) in [5.74, 6) is 0.196. The fourth-order valence-corrected chi connectivity index (χ4v) is 3.67. The summed E-state index contributed by atoms with van der Waals surface area (Å²) in [5, 5.41) is 0. The number of methoxy groups -OCH3 is 2. The molecule has 6 nitrogen and oxygen atoms in total. The molecule has 1 N–H and O–H groups in total. The molecule has 2 aromatic rings. The van der Waals surface area contributed by atoms with Crippen LogP contribution in [0.1, 0.15) is 35.3 Å². The molecule has 0 aliphatic rings. The maximum Gasteiger partial charge on any atom is 0.337 e. The zero-order valence-electron chi connectivity index (χ0n) is 14.4. The molecule has 0 aromatic heterocycles. The first kappa shape index (κ1) is 19.0. The number of hydrogen-bond acceptors (Lipinski definition) is 5. The summed E-state index contributed by atoms with van der Waals surface area (Å²) in [6.07, 6.45) is 0.589. The van der Waals surface area contributed by atoms with Crippen molar-refractivity contribution in [3.8, 4) is 5.75 Å². The minimum Gasteiger partial charge on any atom is -0.497 e. The molecule has 0 amide bonds. The maximum atomic E-state index is 12.6. The molecule has 0 aliphatic heterocycles. The molecule has 0 spiro atoms. The lowest BCUT2D eigenvalue weighted by Crippen LogP contribution is -2.28. The topological polar surface area (TPSA) is 81.7 Å². The molecule has 1 atom stereocenters. The highest BCUT2D eigenvalue weighted by atomic mass is 32.2. The minimum absolute atomic E-state index is 0.0899. The van der Waals surface area contributed by atoms with Crippen molar-refractivity contribution < 1.29 is 22.7 Å². The Kier molecular flexibility index (Phi) is 6.17. The molecule has 25 heavy (non-hydrogen) atoms. The predicted octanol–water partition coefficient (Wildman–Crippen LogP) is 2.91. The predicted molar refractivity (Wildman–Crippen MR) is 94.1 cm³/mol. The molecule has 0 fully saturated rings. The van der Waals surface area contributed by atoms with Crippen LogP contribution >= 0.6 is 0 Å². The van der Waals surface area contributed by atoms with Gasteiger partial charge in [-0.25, -0.2) is 17.9 Å². The number of nitrogens with one attached hydrogen (secondary N) is 1. The molecule has 0 aliphatic carbocycles. The molecule has 0 radical (unpaired) electrons. The first-order chi connectivity index (χ1) is 11.9. The largest absolute Gasteiger partial charge is 0.497 e. The number of carbonyl (C=O) groups excluding carboxylic acids is 1. The molecule has 0 saturated heterocycles. The van der Waals surface area contributed by atoms with Crippen LogP contribution in [0, 0.1) is 0 Å². The van der Waals surface area contributed by atoms with Crippen molar-refractivity contribution in [1.82, 2.24) is 4.72 Å². The van der Waals surface area contributed by atoms with Crippen LogP contribution in [0.2, 0.25) is 0 Å². The standard InChI is InChI=1S/C18H21NO5S/c1-4-17(13-5-9-15(23-2)10-6-13)19-25(21,22)16-11-7-14(8-12-16)18(20)24-3/h5-12,17,19H,4H2,1-3H3. The van der Waals surface area contributed by atoms with Gasteiger partial charge in [-0.3, -0.25) is 0 Å². The monoisotopic (exact) mass is 363 g/mol. The zero-order chi connectivity index (χ0) is 18.4. The van der Waals surface area contributed by atoms with Gasteiger partial charge in [0.2, 0.25) is 10.0 Å². The van der Waals surface area contributed by atoms with Gasteiger partial charge in [0.05, 0.1) is 24.7 Å². The fourth-order valence-electron chi connectivity index (χ4n) is 2.37. The molecule has 134 valence electrons. The quantitative estimate of drug-likeness (QED) is 0.765. The number of carbonyl (C=O) groups is 1. The Hall–Kier alpha value is -2.38. The lowest BCUT2D eigenvalue weighted by Gasteiger charge is -2.18. The van der Waals surface area contributed by atoms with E-state index >= 15 is 0 Å². The lowest BCUT2D eigenvalue weighted by atomic mass is 10.1. The third kappa shape index (κ3) is 4.58. The van der Waals surface area contributed by atoms with Crippen molar-refractivity contribution in [2.24, 2.45) is 0 Å². The molecule has 7 heteroatoms. The van der Waals surface area contributed by atoms with Crippen LogP contribution in [0.3, 0.4) is 0 Å². The van der Waals surface area contributed by atoms with Crippen LogP contribution in [-0.4, -0.2) is 28.6 Å². The number of esters is 1. The summed E-state index contributed by atoms with van der Waals surface area (Å²) in [4.78, 5) is 11.5. The summed E-state index contributed by atoms with van der Waals surface area (Å²) in [5.41, 5.74) is 1.14. The number of rotatable bonds is 7. The molecule has 0 heterocycles. The van der Waals surface area contributed by atoms with E-state index in [2.05, 4.69) is 9.46 Å². The van der Waals surface area contributed by atoms with Gasteiger partial charge in [0.25, 0.3) is 0 Å². The summed E-state index contributed by atoms with van der Waals surface area (Å²) >= 11 is 0. The van der Waals surface area contributed by atoms with Crippen LogP contribution < -0.4 is 9.46 Å². The lowest BCUT2D eigenvalue weighted by molar-refractivity contribution is 0.0600. The Bertz CT molecular complexity index is 814. The Morgan fingerprint density at radius 2 is 1.64 bits per heavy atom. The van der Waals surface area contributed by atoms with E-state index in [1.807, 2.05) is 19.1 Å². The van der Waals surface area contributed by atoms with E-state index in [9.17, 15) is 13.2 Å². The van der Waals surface area contributed by atoms with Crippen LogP contribution in [0.4, 0.5) is 0 Å². The molecule has 2 aromatic carbocycles. The van der Waals surface area contributed by atoms with E-state index in [1.54, 1.807) is 19.2 Å².